The van der Waals surface area contributed by atoms with E-state index in [4.69, 9.17) is 4.74 Å². The van der Waals surface area contributed by atoms with Crippen LogP contribution in [0.1, 0.15) is 29.6 Å². The van der Waals surface area contributed by atoms with Crippen molar-refractivity contribution in [1.82, 2.24) is 14.7 Å². The molecule has 1 aliphatic heterocycles. The maximum absolute atomic E-state index is 12.9. The van der Waals surface area contributed by atoms with E-state index in [1.54, 1.807) is 24.2 Å². The Morgan fingerprint density at radius 2 is 2.28 bits per heavy atom. The van der Waals surface area contributed by atoms with Crippen LogP contribution in [-0.4, -0.2) is 52.5 Å². The Morgan fingerprint density at radius 3 is 3.04 bits per heavy atom. The molecule has 4 rings (SSSR count). The molecule has 0 spiro atoms. The lowest BCUT2D eigenvalue weighted by Gasteiger charge is -2.25. The summed E-state index contributed by atoms with van der Waals surface area (Å²) in [4.78, 5) is 14.8. The molecule has 1 aromatic heterocycles. The largest absolute Gasteiger partial charge is 0.494 e. The van der Waals surface area contributed by atoms with Gasteiger partial charge in [0.05, 0.1) is 25.5 Å². The molecule has 0 unspecified atom stereocenters. The van der Waals surface area contributed by atoms with E-state index in [0.717, 1.165) is 31.5 Å². The second kappa shape index (κ2) is 6.19. The summed E-state index contributed by atoms with van der Waals surface area (Å²) in [6.45, 7) is 1.55. The van der Waals surface area contributed by atoms with Gasteiger partial charge in [-0.15, -0.1) is 0 Å². The minimum atomic E-state index is -0.0890. The molecule has 132 valence electrons. The molecule has 6 nitrogen and oxygen atoms in total. The fourth-order valence-corrected chi connectivity index (χ4v) is 4.39. The average molecular weight is 341 g/mol. The first kappa shape index (κ1) is 16.1. The Morgan fingerprint density at radius 1 is 1.44 bits per heavy atom. The first-order valence-electron chi connectivity index (χ1n) is 8.75. The van der Waals surface area contributed by atoms with Crippen molar-refractivity contribution in [2.45, 2.75) is 19.3 Å². The minimum Gasteiger partial charge on any atom is -0.494 e. The lowest BCUT2D eigenvalue weighted by molar-refractivity contribution is 0.0734. The summed E-state index contributed by atoms with van der Waals surface area (Å²) in [6, 6.07) is 7.58. The second-order valence-corrected chi connectivity index (χ2v) is 7.14. The van der Waals surface area contributed by atoms with Crippen LogP contribution in [0, 0.1) is 11.3 Å². The third kappa shape index (κ3) is 2.61. The van der Waals surface area contributed by atoms with E-state index in [9.17, 15) is 9.90 Å². The van der Waals surface area contributed by atoms with E-state index in [1.807, 2.05) is 29.2 Å². The Bertz CT molecular complexity index is 788. The number of fused-ring (bicyclic) bond motifs is 1. The van der Waals surface area contributed by atoms with Crippen LogP contribution in [-0.2, 0) is 0 Å². The number of ether oxygens (including phenoxy) is 1. The highest BCUT2D eigenvalue weighted by atomic mass is 16.5. The number of aromatic nitrogens is 2. The van der Waals surface area contributed by atoms with Gasteiger partial charge < -0.3 is 14.7 Å². The molecule has 1 saturated heterocycles. The standard InChI is InChI=1S/C19H23N3O3/c1-25-17-7-3-2-6-16(17)22-10-14(9-20-22)18(24)21-11-15-5-4-8-19(15,12-21)13-23/h2-3,6-7,9-10,15,23H,4-5,8,11-13H2,1H3/t15-,19+/m1/s1. The zero-order valence-corrected chi connectivity index (χ0v) is 14.4. The first-order valence-corrected chi connectivity index (χ1v) is 8.75. The van der Waals surface area contributed by atoms with Crippen molar-refractivity contribution in [2.75, 3.05) is 26.8 Å². The van der Waals surface area contributed by atoms with Crippen molar-refractivity contribution < 1.29 is 14.6 Å². The molecule has 2 aromatic rings. The van der Waals surface area contributed by atoms with E-state index in [-0.39, 0.29) is 17.9 Å². The van der Waals surface area contributed by atoms with Crippen LogP contribution >= 0.6 is 0 Å². The Labute approximate surface area is 147 Å². The minimum absolute atomic E-state index is 0.0108. The summed E-state index contributed by atoms with van der Waals surface area (Å²) in [5, 5.41) is 14.2. The summed E-state index contributed by atoms with van der Waals surface area (Å²) >= 11 is 0. The molecule has 2 fully saturated rings. The molecule has 6 heteroatoms. The molecule has 1 amide bonds. The highest BCUT2D eigenvalue weighted by Crippen LogP contribution is 2.48. The molecule has 1 aliphatic carbocycles. The lowest BCUT2D eigenvalue weighted by Crippen LogP contribution is -2.33. The van der Waals surface area contributed by atoms with Crippen LogP contribution in [0.5, 0.6) is 5.75 Å². The fourth-order valence-electron chi connectivity index (χ4n) is 4.39. The summed E-state index contributed by atoms with van der Waals surface area (Å²) in [7, 11) is 1.62. The van der Waals surface area contributed by atoms with Gasteiger partial charge in [0.2, 0.25) is 0 Å². The highest BCUT2D eigenvalue weighted by molar-refractivity contribution is 5.94. The number of hydrogen-bond donors (Lipinski definition) is 1. The number of carbonyl (C=O) groups excluding carboxylic acids is 1. The number of rotatable bonds is 4. The predicted octanol–water partition coefficient (Wildman–Crippen LogP) is 2.12. The third-order valence-electron chi connectivity index (χ3n) is 5.80. The van der Waals surface area contributed by atoms with Gasteiger partial charge in [-0.1, -0.05) is 18.6 Å². The average Bonchev–Trinajstić information content (AvgIpc) is 3.34. The van der Waals surface area contributed by atoms with Gasteiger partial charge in [0, 0.05) is 24.7 Å². The second-order valence-electron chi connectivity index (χ2n) is 7.14. The zero-order valence-electron chi connectivity index (χ0n) is 14.4. The van der Waals surface area contributed by atoms with Crippen LogP contribution in [0.25, 0.3) is 5.69 Å². The van der Waals surface area contributed by atoms with Crippen molar-refractivity contribution >= 4 is 5.91 Å². The van der Waals surface area contributed by atoms with Crippen molar-refractivity contribution in [3.05, 3.63) is 42.2 Å². The van der Waals surface area contributed by atoms with Gasteiger partial charge in [-0.25, -0.2) is 4.68 Å². The van der Waals surface area contributed by atoms with Crippen LogP contribution in [0.2, 0.25) is 0 Å². The molecule has 0 bridgehead atoms. The first-order chi connectivity index (χ1) is 12.2. The summed E-state index contributed by atoms with van der Waals surface area (Å²) in [5.74, 6) is 1.12. The van der Waals surface area contributed by atoms with E-state index in [0.29, 0.717) is 23.8 Å². The van der Waals surface area contributed by atoms with Gasteiger partial charge >= 0.3 is 0 Å². The number of nitrogens with zero attached hydrogens (tertiary/aromatic N) is 3. The fraction of sp³-hybridized carbons (Fsp3) is 0.474. The molecule has 2 aliphatic rings. The predicted molar refractivity (Wildman–Crippen MR) is 92.9 cm³/mol. The smallest absolute Gasteiger partial charge is 0.257 e. The highest BCUT2D eigenvalue weighted by Gasteiger charge is 2.50. The number of likely N-dealkylation sites (tertiary alicyclic amines) is 1. The van der Waals surface area contributed by atoms with Crippen molar-refractivity contribution in [3.63, 3.8) is 0 Å². The monoisotopic (exact) mass is 341 g/mol. The third-order valence-corrected chi connectivity index (χ3v) is 5.80. The van der Waals surface area contributed by atoms with Gasteiger partial charge in [0.1, 0.15) is 11.4 Å². The number of benzene rings is 1. The normalized spacial score (nSPS) is 25.2. The summed E-state index contributed by atoms with van der Waals surface area (Å²) in [5.41, 5.74) is 1.28. The van der Waals surface area contributed by atoms with Crippen LogP contribution in [0.3, 0.4) is 0 Å². The van der Waals surface area contributed by atoms with Gasteiger partial charge in [0.15, 0.2) is 0 Å². The number of amides is 1. The number of para-hydroxylation sites is 2. The topological polar surface area (TPSA) is 67.6 Å². The number of hydrogen-bond acceptors (Lipinski definition) is 4. The Balaban J connectivity index is 1.56. The molecular formula is C19H23N3O3. The molecule has 1 aromatic carbocycles. The van der Waals surface area contributed by atoms with Crippen LogP contribution < -0.4 is 4.74 Å². The van der Waals surface area contributed by atoms with E-state index in [1.165, 1.54) is 0 Å². The van der Waals surface area contributed by atoms with Crippen LogP contribution in [0.4, 0.5) is 0 Å². The van der Waals surface area contributed by atoms with Crippen molar-refractivity contribution in [2.24, 2.45) is 11.3 Å². The Kier molecular flexibility index (Phi) is 4.00. The molecule has 1 N–H and O–H groups in total. The number of methoxy groups -OCH3 is 1. The SMILES string of the molecule is COc1ccccc1-n1cc(C(=O)N2C[C@H]3CCC[C@@]3(CO)C2)cn1. The molecule has 0 radical (unpaired) electrons. The molecule has 2 atom stereocenters. The van der Waals surface area contributed by atoms with E-state index in [2.05, 4.69) is 5.10 Å². The van der Waals surface area contributed by atoms with Gasteiger partial charge in [0.25, 0.3) is 5.91 Å². The van der Waals surface area contributed by atoms with Crippen molar-refractivity contribution in [3.8, 4) is 11.4 Å². The number of carbonyl (C=O) groups is 1. The number of aliphatic hydroxyl groups excluding tert-OH is 1. The molecule has 1 saturated carbocycles. The maximum Gasteiger partial charge on any atom is 0.257 e. The van der Waals surface area contributed by atoms with Crippen molar-refractivity contribution in [1.29, 1.82) is 0 Å². The molecule has 2 heterocycles. The zero-order chi connectivity index (χ0) is 17.4. The van der Waals surface area contributed by atoms with Gasteiger partial charge in [-0.2, -0.15) is 5.10 Å². The summed E-state index contributed by atoms with van der Waals surface area (Å²) < 4.78 is 7.03. The maximum atomic E-state index is 12.9. The lowest BCUT2D eigenvalue weighted by atomic mass is 9.82. The quantitative estimate of drug-likeness (QED) is 0.925. The number of aliphatic hydroxyl groups is 1. The van der Waals surface area contributed by atoms with Crippen LogP contribution in [0.15, 0.2) is 36.7 Å². The van der Waals surface area contributed by atoms with Gasteiger partial charge in [-0.3, -0.25) is 4.79 Å². The molecule has 25 heavy (non-hydrogen) atoms. The summed E-state index contributed by atoms with van der Waals surface area (Å²) in [6.07, 6.45) is 6.62. The Hall–Kier alpha value is -2.34. The van der Waals surface area contributed by atoms with E-state index < -0.39 is 0 Å². The van der Waals surface area contributed by atoms with Gasteiger partial charge in [-0.05, 0) is 30.9 Å². The molecular weight excluding hydrogens is 318 g/mol. The van der Waals surface area contributed by atoms with E-state index >= 15 is 0 Å².